The van der Waals surface area contributed by atoms with Crippen molar-refractivity contribution in [2.75, 3.05) is 19.6 Å². The number of amides is 2. The summed E-state index contributed by atoms with van der Waals surface area (Å²) in [6.07, 6.45) is 7.05. The lowest BCUT2D eigenvalue weighted by molar-refractivity contribution is -0.135. The van der Waals surface area contributed by atoms with Crippen LogP contribution in [0.4, 0.5) is 0 Å². The molecule has 0 spiro atoms. The van der Waals surface area contributed by atoms with Crippen LogP contribution in [0.2, 0.25) is 0 Å². The van der Waals surface area contributed by atoms with Crippen molar-refractivity contribution in [1.82, 2.24) is 20.1 Å². The first kappa shape index (κ1) is 19.1. The zero-order valence-corrected chi connectivity index (χ0v) is 15.8. The molecule has 1 aliphatic heterocycles. The molecule has 0 saturated carbocycles. The molecule has 0 radical (unpaired) electrons. The highest BCUT2D eigenvalue weighted by molar-refractivity contribution is 5.94. The van der Waals surface area contributed by atoms with E-state index in [4.69, 9.17) is 4.42 Å². The average Bonchev–Trinajstić information content (AvgIpc) is 3.34. The highest BCUT2D eigenvalue weighted by Crippen LogP contribution is 2.23. The van der Waals surface area contributed by atoms with Crippen molar-refractivity contribution in [3.8, 4) is 0 Å². The Balaban J connectivity index is 1.73. The second-order valence-electron chi connectivity index (χ2n) is 6.74. The number of aromatic nitrogens is 1. The van der Waals surface area contributed by atoms with Gasteiger partial charge in [0.1, 0.15) is 6.26 Å². The fraction of sp³-hybridized carbons (Fsp3) is 0.450. The zero-order chi connectivity index (χ0) is 19.2. The summed E-state index contributed by atoms with van der Waals surface area (Å²) in [6, 6.07) is 5.19. The Morgan fingerprint density at radius 2 is 2.15 bits per heavy atom. The van der Waals surface area contributed by atoms with E-state index < -0.39 is 0 Å². The van der Waals surface area contributed by atoms with Crippen LogP contribution >= 0.6 is 0 Å². The first-order valence-corrected chi connectivity index (χ1v) is 9.37. The van der Waals surface area contributed by atoms with E-state index in [2.05, 4.69) is 15.2 Å². The van der Waals surface area contributed by atoms with Gasteiger partial charge in [-0.25, -0.2) is 0 Å². The quantitative estimate of drug-likeness (QED) is 0.806. The number of rotatable bonds is 7. The van der Waals surface area contributed by atoms with Crippen molar-refractivity contribution in [2.45, 2.75) is 38.9 Å². The minimum Gasteiger partial charge on any atom is -0.472 e. The van der Waals surface area contributed by atoms with Crippen LogP contribution in [-0.2, 0) is 11.3 Å². The van der Waals surface area contributed by atoms with Gasteiger partial charge >= 0.3 is 0 Å². The Bertz CT molecular complexity index is 744. The summed E-state index contributed by atoms with van der Waals surface area (Å²) in [5, 5.41) is 3.03. The third-order valence-electron chi connectivity index (χ3n) is 4.99. The topological polar surface area (TPSA) is 78.7 Å². The molecule has 2 atom stereocenters. The molecule has 2 aromatic heterocycles. The molecular formula is C20H26N4O3. The Morgan fingerprint density at radius 1 is 1.33 bits per heavy atom. The second kappa shape index (κ2) is 8.81. The molecule has 7 heteroatoms. The van der Waals surface area contributed by atoms with Gasteiger partial charge in [0.2, 0.25) is 5.91 Å². The molecule has 3 heterocycles. The van der Waals surface area contributed by atoms with Gasteiger partial charge in [-0.2, -0.15) is 0 Å². The number of nitrogens with zero attached hydrogens (tertiary/aromatic N) is 3. The van der Waals surface area contributed by atoms with E-state index >= 15 is 0 Å². The number of furan rings is 1. The van der Waals surface area contributed by atoms with E-state index in [1.165, 1.54) is 12.5 Å². The van der Waals surface area contributed by atoms with Gasteiger partial charge in [0, 0.05) is 44.6 Å². The van der Waals surface area contributed by atoms with Crippen molar-refractivity contribution in [3.05, 3.63) is 54.2 Å². The number of likely N-dealkylation sites (tertiary alicyclic amines) is 1. The first-order valence-electron chi connectivity index (χ1n) is 9.37. The lowest BCUT2D eigenvalue weighted by atomic mass is 10.1. The maximum Gasteiger partial charge on any atom is 0.254 e. The fourth-order valence-electron chi connectivity index (χ4n) is 3.57. The molecule has 1 N–H and O–H groups in total. The summed E-state index contributed by atoms with van der Waals surface area (Å²) in [5.41, 5.74) is 1.55. The molecule has 1 saturated heterocycles. The Labute approximate surface area is 159 Å². The van der Waals surface area contributed by atoms with Crippen LogP contribution in [-0.4, -0.2) is 58.3 Å². The lowest BCUT2D eigenvalue weighted by Crippen LogP contribution is -2.45. The number of hydrogen-bond acceptors (Lipinski definition) is 5. The Kier molecular flexibility index (Phi) is 6.24. The summed E-state index contributed by atoms with van der Waals surface area (Å²) in [6.45, 7) is 6.58. The van der Waals surface area contributed by atoms with Crippen LogP contribution in [0, 0.1) is 0 Å². The number of pyridine rings is 1. The summed E-state index contributed by atoms with van der Waals surface area (Å²) >= 11 is 0. The van der Waals surface area contributed by atoms with Gasteiger partial charge in [0.05, 0.1) is 17.9 Å². The molecule has 7 nitrogen and oxygen atoms in total. The average molecular weight is 370 g/mol. The van der Waals surface area contributed by atoms with Crippen molar-refractivity contribution < 1.29 is 14.0 Å². The molecule has 2 aromatic rings. The van der Waals surface area contributed by atoms with Crippen molar-refractivity contribution in [3.63, 3.8) is 0 Å². The van der Waals surface area contributed by atoms with Gasteiger partial charge in [-0.1, -0.05) is 6.07 Å². The van der Waals surface area contributed by atoms with E-state index in [1.54, 1.807) is 12.3 Å². The summed E-state index contributed by atoms with van der Waals surface area (Å²) < 4.78 is 4.98. The minimum atomic E-state index is -0.250. The van der Waals surface area contributed by atoms with Gasteiger partial charge in [-0.05, 0) is 38.0 Å². The molecule has 1 aliphatic rings. The molecule has 0 bridgehead atoms. The van der Waals surface area contributed by atoms with Gasteiger partial charge in [0.25, 0.3) is 5.91 Å². The van der Waals surface area contributed by atoms with Crippen LogP contribution in [0.5, 0.6) is 0 Å². The molecule has 27 heavy (non-hydrogen) atoms. The Hall–Kier alpha value is -2.67. The number of carbonyl (C=O) groups is 2. The lowest BCUT2D eigenvalue weighted by Gasteiger charge is -2.28. The molecule has 1 fully saturated rings. The molecule has 2 amide bonds. The molecule has 3 rings (SSSR count). The molecular weight excluding hydrogens is 344 g/mol. The van der Waals surface area contributed by atoms with Crippen molar-refractivity contribution in [2.24, 2.45) is 0 Å². The number of carbonyl (C=O) groups excluding carboxylic acids is 2. The highest BCUT2D eigenvalue weighted by Gasteiger charge is 2.39. The molecule has 0 aliphatic carbocycles. The summed E-state index contributed by atoms with van der Waals surface area (Å²) in [4.78, 5) is 33.5. The first-order chi connectivity index (χ1) is 13.1. The minimum absolute atomic E-state index is 0.0893. The maximum absolute atomic E-state index is 13.0. The van der Waals surface area contributed by atoms with E-state index in [0.29, 0.717) is 38.2 Å². The third kappa shape index (κ3) is 4.54. The molecule has 0 unspecified atom stereocenters. The third-order valence-corrected chi connectivity index (χ3v) is 4.99. The van der Waals surface area contributed by atoms with Gasteiger partial charge in [-0.3, -0.25) is 19.5 Å². The van der Waals surface area contributed by atoms with Crippen LogP contribution < -0.4 is 5.32 Å². The molecule has 144 valence electrons. The predicted molar refractivity (Wildman–Crippen MR) is 101 cm³/mol. The largest absolute Gasteiger partial charge is 0.472 e. The number of likely N-dealkylation sites (N-methyl/N-ethyl adjacent to an activating group) is 1. The fourth-order valence-corrected chi connectivity index (χ4v) is 3.57. The van der Waals surface area contributed by atoms with Crippen LogP contribution in [0.15, 0.2) is 47.5 Å². The monoisotopic (exact) mass is 370 g/mol. The summed E-state index contributed by atoms with van der Waals surface area (Å²) in [5.74, 6) is -0.0602. The smallest absolute Gasteiger partial charge is 0.254 e. The number of hydrogen-bond donors (Lipinski definition) is 1. The second-order valence-corrected chi connectivity index (χ2v) is 6.74. The van der Waals surface area contributed by atoms with Gasteiger partial charge in [-0.15, -0.1) is 0 Å². The zero-order valence-electron chi connectivity index (χ0n) is 15.8. The van der Waals surface area contributed by atoms with Crippen LogP contribution in [0.1, 0.15) is 36.2 Å². The van der Waals surface area contributed by atoms with Crippen LogP contribution in [0.3, 0.4) is 0 Å². The van der Waals surface area contributed by atoms with E-state index in [9.17, 15) is 9.59 Å². The van der Waals surface area contributed by atoms with E-state index in [1.807, 2.05) is 37.1 Å². The predicted octanol–water partition coefficient (Wildman–Crippen LogP) is 1.92. The van der Waals surface area contributed by atoms with Gasteiger partial charge < -0.3 is 14.6 Å². The maximum atomic E-state index is 13.0. The van der Waals surface area contributed by atoms with E-state index in [0.717, 1.165) is 5.56 Å². The standard InChI is InChI=1S/C20H26N4O3/c1-3-23(4-2)20(26)18-10-17(22-19(25)16-7-9-27-14-16)13-24(18)12-15-6-5-8-21-11-15/h5-9,11,14,17-18H,3-4,10,12-13H2,1-2H3,(H,22,25)/t17-,18-/m0/s1. The number of nitrogens with one attached hydrogen (secondary N) is 1. The van der Waals surface area contributed by atoms with Gasteiger partial charge in [0.15, 0.2) is 0 Å². The Morgan fingerprint density at radius 3 is 2.78 bits per heavy atom. The van der Waals surface area contributed by atoms with Crippen molar-refractivity contribution in [1.29, 1.82) is 0 Å². The highest BCUT2D eigenvalue weighted by atomic mass is 16.3. The van der Waals surface area contributed by atoms with Crippen molar-refractivity contribution >= 4 is 11.8 Å². The molecule has 0 aromatic carbocycles. The SMILES string of the molecule is CCN(CC)C(=O)[C@@H]1C[C@H](NC(=O)c2ccoc2)CN1Cc1cccnc1. The normalized spacial score (nSPS) is 19.8. The summed E-state index contributed by atoms with van der Waals surface area (Å²) in [7, 11) is 0. The van der Waals surface area contributed by atoms with Crippen LogP contribution in [0.25, 0.3) is 0 Å². The van der Waals surface area contributed by atoms with E-state index in [-0.39, 0.29) is 23.9 Å².